The van der Waals surface area contributed by atoms with Crippen molar-refractivity contribution in [2.75, 3.05) is 0 Å². The molecule has 0 bridgehead atoms. The Morgan fingerprint density at radius 3 is 2.88 bits per heavy atom. The molecule has 0 atom stereocenters. The number of hydrogen-bond donors (Lipinski definition) is 1. The van der Waals surface area contributed by atoms with Gasteiger partial charge in [-0.15, -0.1) is 22.7 Å². The molecule has 84 valence electrons. The molecule has 0 aliphatic heterocycles. The van der Waals surface area contributed by atoms with Crippen LogP contribution < -0.4 is 5.43 Å². The van der Waals surface area contributed by atoms with Gasteiger partial charge < -0.3 is 5.21 Å². The predicted octanol–water partition coefficient (Wildman–Crippen LogP) is 3.28. The summed E-state index contributed by atoms with van der Waals surface area (Å²) >= 11 is 2.98. The smallest absolute Gasteiger partial charge is 0.206 e. The van der Waals surface area contributed by atoms with Crippen LogP contribution in [-0.2, 0) is 0 Å². The van der Waals surface area contributed by atoms with Crippen LogP contribution in [0.4, 0.5) is 0 Å². The molecule has 0 saturated heterocycles. The van der Waals surface area contributed by atoms with Crippen molar-refractivity contribution < 1.29 is 5.21 Å². The molecule has 0 amide bonds. The highest BCUT2D eigenvalue weighted by Gasteiger charge is 2.10. The Morgan fingerprint density at radius 1 is 1.24 bits per heavy atom. The van der Waals surface area contributed by atoms with Gasteiger partial charge in [0, 0.05) is 15.5 Å². The SMILES string of the molecule is O=c1c(C=NO)csc2c1sc1ccccc12. The van der Waals surface area contributed by atoms with Gasteiger partial charge in [0.05, 0.1) is 21.2 Å². The average Bonchev–Trinajstić information content (AvgIpc) is 2.73. The summed E-state index contributed by atoms with van der Waals surface area (Å²) in [5.74, 6) is 0. The summed E-state index contributed by atoms with van der Waals surface area (Å²) in [7, 11) is 0. The zero-order chi connectivity index (χ0) is 11.8. The van der Waals surface area contributed by atoms with Gasteiger partial charge in [-0.1, -0.05) is 23.4 Å². The van der Waals surface area contributed by atoms with Crippen molar-refractivity contribution in [1.82, 2.24) is 0 Å². The van der Waals surface area contributed by atoms with Crippen LogP contribution in [0, 0.1) is 0 Å². The van der Waals surface area contributed by atoms with Gasteiger partial charge in [0.2, 0.25) is 5.43 Å². The van der Waals surface area contributed by atoms with Crippen LogP contribution in [0.15, 0.2) is 39.6 Å². The van der Waals surface area contributed by atoms with Crippen molar-refractivity contribution in [3.05, 3.63) is 45.4 Å². The summed E-state index contributed by atoms with van der Waals surface area (Å²) in [6, 6.07) is 7.95. The third-order valence-corrected chi connectivity index (χ3v) is 4.85. The van der Waals surface area contributed by atoms with E-state index in [0.717, 1.165) is 19.5 Å². The van der Waals surface area contributed by atoms with Gasteiger partial charge in [0.25, 0.3) is 0 Å². The summed E-state index contributed by atoms with van der Waals surface area (Å²) in [6.45, 7) is 0. The molecule has 17 heavy (non-hydrogen) atoms. The van der Waals surface area contributed by atoms with Crippen LogP contribution in [0.3, 0.4) is 0 Å². The monoisotopic (exact) mass is 261 g/mol. The highest BCUT2D eigenvalue weighted by molar-refractivity contribution is 7.31. The van der Waals surface area contributed by atoms with Gasteiger partial charge in [-0.05, 0) is 6.07 Å². The van der Waals surface area contributed by atoms with E-state index in [2.05, 4.69) is 5.16 Å². The molecule has 5 heteroatoms. The van der Waals surface area contributed by atoms with Crippen LogP contribution in [0.25, 0.3) is 19.5 Å². The summed E-state index contributed by atoms with van der Waals surface area (Å²) in [4.78, 5) is 12.1. The van der Waals surface area contributed by atoms with E-state index in [9.17, 15) is 4.79 Å². The van der Waals surface area contributed by atoms with E-state index < -0.39 is 0 Å². The van der Waals surface area contributed by atoms with E-state index >= 15 is 0 Å². The molecule has 0 saturated carbocycles. The van der Waals surface area contributed by atoms with Gasteiger partial charge in [-0.25, -0.2) is 0 Å². The normalized spacial score (nSPS) is 11.8. The standard InChI is InChI=1S/C12H7NO2S2/c14-10-7(5-13-15)6-16-11-8-3-1-2-4-9(8)17-12(10)11/h1-6,15H. The summed E-state index contributed by atoms with van der Waals surface area (Å²) < 4.78 is 2.84. The minimum Gasteiger partial charge on any atom is -0.411 e. The topological polar surface area (TPSA) is 49.7 Å². The molecule has 2 heterocycles. The lowest BCUT2D eigenvalue weighted by Gasteiger charge is -1.91. The van der Waals surface area contributed by atoms with E-state index in [4.69, 9.17) is 5.21 Å². The van der Waals surface area contributed by atoms with E-state index in [1.54, 1.807) is 5.38 Å². The fraction of sp³-hybridized carbons (Fsp3) is 0. The fourth-order valence-corrected chi connectivity index (χ4v) is 4.06. The molecule has 2 aromatic heterocycles. The van der Waals surface area contributed by atoms with Gasteiger partial charge in [-0.3, -0.25) is 4.79 Å². The third-order valence-electron chi connectivity index (χ3n) is 2.52. The number of hydrogen-bond acceptors (Lipinski definition) is 5. The maximum absolute atomic E-state index is 12.1. The van der Waals surface area contributed by atoms with Crippen molar-refractivity contribution in [2.24, 2.45) is 5.16 Å². The highest BCUT2D eigenvalue weighted by atomic mass is 32.1. The summed E-state index contributed by atoms with van der Waals surface area (Å²) in [5, 5.41) is 14.2. The van der Waals surface area contributed by atoms with E-state index in [-0.39, 0.29) is 5.43 Å². The molecule has 1 N–H and O–H groups in total. The molecule has 0 spiro atoms. The lowest BCUT2D eigenvalue weighted by atomic mass is 10.2. The Hall–Kier alpha value is -1.72. The Balaban J connectivity index is 2.49. The first-order chi connectivity index (χ1) is 8.31. The Kier molecular flexibility index (Phi) is 2.42. The molecule has 3 nitrogen and oxygen atoms in total. The summed E-state index contributed by atoms with van der Waals surface area (Å²) in [5.41, 5.74) is 0.356. The lowest BCUT2D eigenvalue weighted by Crippen LogP contribution is -2.05. The number of rotatable bonds is 1. The van der Waals surface area contributed by atoms with Crippen molar-refractivity contribution in [3.63, 3.8) is 0 Å². The molecule has 0 aliphatic rings. The van der Waals surface area contributed by atoms with Gasteiger partial charge in [0.1, 0.15) is 0 Å². The third kappa shape index (κ3) is 1.55. The second kappa shape index (κ2) is 3.94. The quantitative estimate of drug-likeness (QED) is 0.415. The van der Waals surface area contributed by atoms with E-state index in [1.165, 1.54) is 28.9 Å². The van der Waals surface area contributed by atoms with E-state index in [1.807, 2.05) is 24.3 Å². The zero-order valence-corrected chi connectivity index (χ0v) is 10.2. The highest BCUT2D eigenvalue weighted by Crippen LogP contribution is 2.34. The second-order valence-electron chi connectivity index (χ2n) is 3.52. The van der Waals surface area contributed by atoms with Gasteiger partial charge in [-0.2, -0.15) is 0 Å². The van der Waals surface area contributed by atoms with Crippen LogP contribution in [0.2, 0.25) is 0 Å². The fourth-order valence-electron chi connectivity index (χ4n) is 1.75. The van der Waals surface area contributed by atoms with Crippen LogP contribution in [0.5, 0.6) is 0 Å². The first kappa shape index (κ1) is 10.4. The molecule has 0 unspecified atom stereocenters. The Morgan fingerprint density at radius 2 is 2.06 bits per heavy atom. The Labute approximate surface area is 104 Å². The molecule has 0 radical (unpaired) electrons. The lowest BCUT2D eigenvalue weighted by molar-refractivity contribution is 0.322. The van der Waals surface area contributed by atoms with Crippen LogP contribution in [-0.4, -0.2) is 11.4 Å². The number of thiophene rings is 1. The molecule has 1 aromatic carbocycles. The van der Waals surface area contributed by atoms with E-state index in [0.29, 0.717) is 5.56 Å². The number of oxime groups is 1. The van der Waals surface area contributed by atoms with Crippen molar-refractivity contribution >= 4 is 48.4 Å². The summed E-state index contributed by atoms with van der Waals surface area (Å²) in [6.07, 6.45) is 1.18. The maximum Gasteiger partial charge on any atom is 0.206 e. The van der Waals surface area contributed by atoms with Gasteiger partial charge in [0.15, 0.2) is 0 Å². The number of fused-ring (bicyclic) bond motifs is 3. The molecular weight excluding hydrogens is 254 g/mol. The second-order valence-corrected chi connectivity index (χ2v) is 5.45. The maximum atomic E-state index is 12.1. The molecule has 0 aliphatic carbocycles. The molecule has 3 aromatic rings. The number of nitrogens with zero attached hydrogens (tertiary/aromatic N) is 1. The molecule has 3 rings (SSSR count). The Bertz CT molecular complexity index is 786. The van der Waals surface area contributed by atoms with Crippen LogP contribution >= 0.6 is 22.7 Å². The van der Waals surface area contributed by atoms with Gasteiger partial charge >= 0.3 is 0 Å². The first-order valence-corrected chi connectivity index (χ1v) is 6.61. The van der Waals surface area contributed by atoms with Crippen molar-refractivity contribution in [3.8, 4) is 0 Å². The average molecular weight is 261 g/mol. The predicted molar refractivity (Wildman–Crippen MR) is 72.9 cm³/mol. The minimum absolute atomic E-state index is 0.0715. The largest absolute Gasteiger partial charge is 0.411 e. The van der Waals surface area contributed by atoms with Crippen molar-refractivity contribution in [1.29, 1.82) is 0 Å². The van der Waals surface area contributed by atoms with Crippen LogP contribution in [0.1, 0.15) is 5.56 Å². The van der Waals surface area contributed by atoms with Crippen molar-refractivity contribution in [2.45, 2.75) is 0 Å². The molecular formula is C12H7NO2S2. The first-order valence-electron chi connectivity index (χ1n) is 4.92. The minimum atomic E-state index is -0.0715. The number of benzene rings is 1. The molecule has 0 fully saturated rings. The zero-order valence-electron chi connectivity index (χ0n) is 8.58.